The normalized spacial score (nSPS) is 12.2. The number of anilines is 2. The number of nitrogens with one attached hydrogen (secondary N) is 1. The van der Waals surface area contributed by atoms with E-state index in [0.29, 0.717) is 30.9 Å². The van der Waals surface area contributed by atoms with Crippen LogP contribution >= 0.6 is 0 Å². The molecule has 4 rings (SSSR count). The van der Waals surface area contributed by atoms with E-state index in [0.717, 1.165) is 22.4 Å². The van der Waals surface area contributed by atoms with E-state index in [2.05, 4.69) is 36.3 Å². The molecule has 1 atom stereocenters. The highest BCUT2D eigenvalue weighted by molar-refractivity contribution is 5.94. The fourth-order valence-corrected chi connectivity index (χ4v) is 4.52. The average molecular weight is 525 g/mol. The summed E-state index contributed by atoms with van der Waals surface area (Å²) in [5.41, 5.74) is 9.84. The van der Waals surface area contributed by atoms with Crippen LogP contribution in [-0.4, -0.2) is 33.2 Å². The molecule has 0 aliphatic carbocycles. The van der Waals surface area contributed by atoms with Crippen LogP contribution in [0.25, 0.3) is 0 Å². The second-order valence-electron chi connectivity index (χ2n) is 10.5. The lowest BCUT2D eigenvalue weighted by Gasteiger charge is -2.28. The number of rotatable bonds is 11. The molecule has 5 N–H and O–H groups in total. The van der Waals surface area contributed by atoms with Gasteiger partial charge in [0, 0.05) is 29.5 Å². The molecule has 1 aromatic heterocycles. The van der Waals surface area contributed by atoms with Crippen molar-refractivity contribution < 1.29 is 15.0 Å². The first-order valence-corrected chi connectivity index (χ1v) is 13.0. The van der Waals surface area contributed by atoms with Crippen molar-refractivity contribution in [3.8, 4) is 5.75 Å². The first-order valence-electron chi connectivity index (χ1n) is 13.0. The molecule has 0 fully saturated rings. The minimum atomic E-state index is -0.697. The summed E-state index contributed by atoms with van der Waals surface area (Å²) in [7, 11) is 0. The van der Waals surface area contributed by atoms with E-state index in [-0.39, 0.29) is 23.6 Å². The van der Waals surface area contributed by atoms with Crippen molar-refractivity contribution in [3.63, 3.8) is 0 Å². The number of carbonyl (C=O) groups excluding carboxylic acids is 1. The lowest BCUT2D eigenvalue weighted by atomic mass is 9.93. The molecule has 0 aliphatic rings. The quantitative estimate of drug-likeness (QED) is 0.225. The zero-order chi connectivity index (χ0) is 27.8. The number of aliphatic hydroxyl groups is 1. The van der Waals surface area contributed by atoms with Crippen LogP contribution in [0.3, 0.4) is 0 Å². The fraction of sp³-hybridized carbons (Fsp3) is 0.250. The molecule has 0 unspecified atom stereocenters. The molecule has 1 amide bonds. The maximum absolute atomic E-state index is 13.5. The number of pyridine rings is 1. The third kappa shape index (κ3) is 8.14. The zero-order valence-electron chi connectivity index (χ0n) is 22.4. The number of hydrogen-bond donors (Lipinski definition) is 4. The number of nitrogens with two attached hydrogens (primary N) is 1. The number of nitrogen functional groups attached to an aromatic ring is 1. The van der Waals surface area contributed by atoms with Crippen molar-refractivity contribution in [2.75, 3.05) is 17.2 Å². The van der Waals surface area contributed by atoms with E-state index in [1.165, 1.54) is 0 Å². The number of nitrogens with zero attached hydrogens (tertiary/aromatic N) is 2. The van der Waals surface area contributed by atoms with Gasteiger partial charge in [0.15, 0.2) is 0 Å². The van der Waals surface area contributed by atoms with Gasteiger partial charge in [-0.25, -0.2) is 4.98 Å². The lowest BCUT2D eigenvalue weighted by molar-refractivity contribution is -0.118. The van der Waals surface area contributed by atoms with Crippen LogP contribution in [0.4, 0.5) is 11.5 Å². The predicted octanol–water partition coefficient (Wildman–Crippen LogP) is 4.79. The highest BCUT2D eigenvalue weighted by Gasteiger charge is 2.21. The molecule has 202 valence electrons. The van der Waals surface area contributed by atoms with E-state index in [1.807, 2.05) is 42.5 Å². The molecule has 3 aromatic carbocycles. The van der Waals surface area contributed by atoms with Crippen molar-refractivity contribution >= 4 is 17.4 Å². The summed E-state index contributed by atoms with van der Waals surface area (Å²) in [6.07, 6.45) is 1.86. The molecule has 0 saturated heterocycles. The van der Waals surface area contributed by atoms with Crippen LogP contribution < -0.4 is 16.0 Å². The molecule has 0 saturated carbocycles. The maximum atomic E-state index is 13.5. The molecular formula is C32H36N4O3. The Hall–Kier alpha value is -4.20. The molecule has 39 heavy (non-hydrogen) atoms. The summed E-state index contributed by atoms with van der Waals surface area (Å²) in [6.45, 7) is 4.99. The van der Waals surface area contributed by atoms with Crippen molar-refractivity contribution in [2.24, 2.45) is 0 Å². The molecular weight excluding hydrogens is 488 g/mol. The molecule has 0 bridgehead atoms. The van der Waals surface area contributed by atoms with Crippen LogP contribution in [0.1, 0.15) is 42.2 Å². The minimum absolute atomic E-state index is 0.0284. The van der Waals surface area contributed by atoms with Gasteiger partial charge in [0.1, 0.15) is 11.6 Å². The van der Waals surface area contributed by atoms with Crippen molar-refractivity contribution in [1.29, 1.82) is 0 Å². The summed E-state index contributed by atoms with van der Waals surface area (Å²) in [6, 6.07) is 28.1. The molecule has 0 radical (unpaired) electrons. The fourth-order valence-electron chi connectivity index (χ4n) is 4.52. The first-order chi connectivity index (χ1) is 18.7. The summed E-state index contributed by atoms with van der Waals surface area (Å²) in [4.78, 5) is 19.3. The van der Waals surface area contributed by atoms with Gasteiger partial charge in [-0.05, 0) is 67.3 Å². The Morgan fingerprint density at radius 1 is 0.949 bits per heavy atom. The standard InChI is InChI=1S/C32H36N4O3/c1-32(2,35-21-29(38)26-11-16-30(33)34-20-26)19-25-10-6-9-24(17-25)18-31(39)36(22-23-7-4-3-5-8-23)27-12-14-28(37)15-13-27/h3-17,20,29,35,37-38H,18-19,21-22H2,1-2H3,(H2,33,34)/t29-/m1/s1. The monoisotopic (exact) mass is 524 g/mol. The largest absolute Gasteiger partial charge is 0.508 e. The Labute approximate surface area is 230 Å². The number of aromatic nitrogens is 1. The highest BCUT2D eigenvalue weighted by Crippen LogP contribution is 2.23. The van der Waals surface area contributed by atoms with E-state index >= 15 is 0 Å². The van der Waals surface area contributed by atoms with Gasteiger partial charge < -0.3 is 26.2 Å². The van der Waals surface area contributed by atoms with E-state index in [4.69, 9.17) is 5.73 Å². The molecule has 4 aromatic rings. The summed E-state index contributed by atoms with van der Waals surface area (Å²) in [5.74, 6) is 0.551. The average Bonchev–Trinajstić information content (AvgIpc) is 2.92. The van der Waals surface area contributed by atoms with Crippen LogP contribution in [0.15, 0.2) is 97.2 Å². The van der Waals surface area contributed by atoms with Crippen molar-refractivity contribution in [1.82, 2.24) is 10.3 Å². The minimum Gasteiger partial charge on any atom is -0.508 e. The van der Waals surface area contributed by atoms with Gasteiger partial charge in [0.25, 0.3) is 0 Å². The van der Waals surface area contributed by atoms with E-state index < -0.39 is 6.10 Å². The number of aromatic hydroxyl groups is 1. The van der Waals surface area contributed by atoms with Crippen LogP contribution in [0, 0.1) is 0 Å². The Morgan fingerprint density at radius 2 is 1.64 bits per heavy atom. The highest BCUT2D eigenvalue weighted by atomic mass is 16.3. The third-order valence-corrected chi connectivity index (χ3v) is 6.61. The number of β-amino-alcohol motifs (C(OH)–C–C–N with tert-alkyl or cyclic N) is 1. The van der Waals surface area contributed by atoms with Gasteiger partial charge in [-0.1, -0.05) is 60.7 Å². The van der Waals surface area contributed by atoms with E-state index in [1.54, 1.807) is 47.5 Å². The summed E-state index contributed by atoms with van der Waals surface area (Å²) in [5, 5.41) is 23.7. The van der Waals surface area contributed by atoms with Gasteiger partial charge in [-0.2, -0.15) is 0 Å². The summed E-state index contributed by atoms with van der Waals surface area (Å²) >= 11 is 0. The molecule has 0 aliphatic heterocycles. The SMILES string of the molecule is CC(C)(Cc1cccc(CC(=O)N(Cc2ccccc2)c2ccc(O)cc2)c1)NC[C@@H](O)c1ccc(N)nc1. The van der Waals surface area contributed by atoms with Crippen LogP contribution in [0.5, 0.6) is 5.75 Å². The van der Waals surface area contributed by atoms with Gasteiger partial charge in [-0.15, -0.1) is 0 Å². The van der Waals surface area contributed by atoms with Gasteiger partial charge in [0.2, 0.25) is 5.91 Å². The Balaban J connectivity index is 1.42. The van der Waals surface area contributed by atoms with Crippen molar-refractivity contribution in [2.45, 2.75) is 44.9 Å². The number of carbonyl (C=O) groups is 1. The number of phenolic OH excluding ortho intramolecular Hbond substituents is 1. The second-order valence-corrected chi connectivity index (χ2v) is 10.5. The first kappa shape index (κ1) is 27.8. The predicted molar refractivity (Wildman–Crippen MR) is 155 cm³/mol. The third-order valence-electron chi connectivity index (χ3n) is 6.61. The lowest BCUT2D eigenvalue weighted by Crippen LogP contribution is -2.43. The van der Waals surface area contributed by atoms with Crippen LogP contribution in [0.2, 0.25) is 0 Å². The zero-order valence-corrected chi connectivity index (χ0v) is 22.4. The molecule has 7 nitrogen and oxygen atoms in total. The number of hydrogen-bond acceptors (Lipinski definition) is 6. The Bertz CT molecular complexity index is 1360. The molecule has 1 heterocycles. The van der Waals surface area contributed by atoms with Crippen LogP contribution in [-0.2, 0) is 24.2 Å². The smallest absolute Gasteiger partial charge is 0.231 e. The van der Waals surface area contributed by atoms with Gasteiger partial charge in [-0.3, -0.25) is 4.79 Å². The number of amides is 1. The second kappa shape index (κ2) is 12.6. The molecule has 0 spiro atoms. The topological polar surface area (TPSA) is 112 Å². The van der Waals surface area contributed by atoms with Gasteiger partial charge >= 0.3 is 0 Å². The van der Waals surface area contributed by atoms with Crippen molar-refractivity contribution in [3.05, 3.63) is 119 Å². The van der Waals surface area contributed by atoms with E-state index in [9.17, 15) is 15.0 Å². The Kier molecular flexibility index (Phi) is 8.96. The number of aliphatic hydroxyl groups excluding tert-OH is 1. The number of phenols is 1. The Morgan fingerprint density at radius 3 is 2.33 bits per heavy atom. The molecule has 7 heteroatoms. The summed E-state index contributed by atoms with van der Waals surface area (Å²) < 4.78 is 0. The number of benzene rings is 3. The maximum Gasteiger partial charge on any atom is 0.231 e. The van der Waals surface area contributed by atoms with Gasteiger partial charge in [0.05, 0.1) is 19.1 Å².